The maximum atomic E-state index is 12.3. The number of pyridine rings is 1. The number of anilines is 2. The van der Waals surface area contributed by atoms with Gasteiger partial charge in [-0.3, -0.25) is 4.72 Å². The van der Waals surface area contributed by atoms with Crippen LogP contribution in [0.5, 0.6) is 0 Å². The highest BCUT2D eigenvalue weighted by molar-refractivity contribution is 7.92. The molecular formula is C12H12Cl2N4O2S. The predicted octanol–water partition coefficient (Wildman–Crippen LogP) is 2.78. The molecule has 2 aromatic rings. The molecule has 112 valence electrons. The van der Waals surface area contributed by atoms with E-state index in [2.05, 4.69) is 15.1 Å². The normalized spacial score (nSPS) is 11.2. The second kappa shape index (κ2) is 6.07. The summed E-state index contributed by atoms with van der Waals surface area (Å²) in [6.07, 6.45) is 1.15. The molecule has 21 heavy (non-hydrogen) atoms. The Morgan fingerprint density at radius 3 is 2.52 bits per heavy atom. The van der Waals surface area contributed by atoms with Crippen LogP contribution < -0.4 is 16.0 Å². The van der Waals surface area contributed by atoms with Gasteiger partial charge < -0.3 is 5.43 Å². The van der Waals surface area contributed by atoms with Gasteiger partial charge in [0.25, 0.3) is 10.0 Å². The van der Waals surface area contributed by atoms with Crippen LogP contribution in [-0.2, 0) is 10.0 Å². The number of nitrogens with one attached hydrogen (secondary N) is 2. The predicted molar refractivity (Wildman–Crippen MR) is 84.1 cm³/mol. The summed E-state index contributed by atoms with van der Waals surface area (Å²) in [5.74, 6) is 5.38. The molecule has 0 fully saturated rings. The van der Waals surface area contributed by atoms with Gasteiger partial charge in [0.1, 0.15) is 4.90 Å². The standard InChI is InChI=1S/C12H12Cl2N4O2S/c1-7-3-2-4-9(13)11(7)18-21(19,20)8-5-10(14)12(17-15)16-6-8/h2-6,18H,15H2,1H3,(H,16,17). The molecule has 2 rings (SSSR count). The summed E-state index contributed by atoms with van der Waals surface area (Å²) in [5, 5.41) is 0.397. The number of nitrogen functional groups attached to an aromatic ring is 1. The third-order valence-electron chi connectivity index (χ3n) is 2.72. The largest absolute Gasteiger partial charge is 0.307 e. The number of benzene rings is 1. The molecule has 0 aliphatic carbocycles. The highest BCUT2D eigenvalue weighted by Gasteiger charge is 2.19. The van der Waals surface area contributed by atoms with Crippen LogP contribution in [0.2, 0.25) is 10.0 Å². The van der Waals surface area contributed by atoms with E-state index in [4.69, 9.17) is 29.0 Å². The van der Waals surface area contributed by atoms with Gasteiger partial charge in [-0.1, -0.05) is 35.3 Å². The van der Waals surface area contributed by atoms with Gasteiger partial charge in [0.05, 0.1) is 15.7 Å². The Kier molecular flexibility index (Phi) is 4.58. The van der Waals surface area contributed by atoms with Crippen molar-refractivity contribution in [2.24, 2.45) is 5.84 Å². The quantitative estimate of drug-likeness (QED) is 0.584. The first kappa shape index (κ1) is 15.8. The third-order valence-corrected chi connectivity index (χ3v) is 4.64. The minimum absolute atomic E-state index is 0.0918. The van der Waals surface area contributed by atoms with Crippen molar-refractivity contribution in [1.82, 2.24) is 4.98 Å². The molecule has 0 aliphatic heterocycles. The Hall–Kier alpha value is -1.54. The summed E-state index contributed by atoms with van der Waals surface area (Å²) in [7, 11) is -3.86. The first-order valence-electron chi connectivity index (χ1n) is 5.75. The van der Waals surface area contributed by atoms with Gasteiger partial charge in [-0.25, -0.2) is 19.2 Å². The average Bonchev–Trinajstić information content (AvgIpc) is 2.43. The molecule has 0 bridgehead atoms. The second-order valence-electron chi connectivity index (χ2n) is 4.18. The van der Waals surface area contributed by atoms with E-state index in [-0.39, 0.29) is 15.7 Å². The van der Waals surface area contributed by atoms with Gasteiger partial charge in [-0.15, -0.1) is 0 Å². The lowest BCUT2D eigenvalue weighted by molar-refractivity contribution is 0.601. The fraction of sp³-hybridized carbons (Fsp3) is 0.0833. The fourth-order valence-corrected chi connectivity index (χ4v) is 3.36. The van der Waals surface area contributed by atoms with Crippen molar-refractivity contribution in [3.8, 4) is 0 Å². The van der Waals surface area contributed by atoms with Gasteiger partial charge >= 0.3 is 0 Å². The number of hydrogen-bond donors (Lipinski definition) is 3. The fourth-order valence-electron chi connectivity index (χ4n) is 1.63. The molecule has 0 saturated heterocycles. The van der Waals surface area contributed by atoms with Crippen LogP contribution in [0.25, 0.3) is 0 Å². The molecule has 0 amide bonds. The van der Waals surface area contributed by atoms with E-state index in [0.29, 0.717) is 16.3 Å². The molecule has 0 unspecified atom stereocenters. The van der Waals surface area contributed by atoms with Crippen molar-refractivity contribution < 1.29 is 8.42 Å². The Labute approximate surface area is 132 Å². The van der Waals surface area contributed by atoms with Gasteiger partial charge in [0.15, 0.2) is 5.82 Å². The Morgan fingerprint density at radius 2 is 1.95 bits per heavy atom. The first-order chi connectivity index (χ1) is 9.85. The molecule has 6 nitrogen and oxygen atoms in total. The van der Waals surface area contributed by atoms with E-state index < -0.39 is 10.0 Å². The second-order valence-corrected chi connectivity index (χ2v) is 6.68. The van der Waals surface area contributed by atoms with Gasteiger partial charge in [0.2, 0.25) is 0 Å². The number of nitrogens with two attached hydrogens (primary N) is 1. The molecule has 0 aliphatic rings. The number of hydrazine groups is 1. The SMILES string of the molecule is Cc1cccc(Cl)c1NS(=O)(=O)c1cnc(NN)c(Cl)c1. The van der Waals surface area contributed by atoms with Crippen LogP contribution in [0.1, 0.15) is 5.56 Å². The van der Waals surface area contributed by atoms with E-state index in [1.54, 1.807) is 25.1 Å². The molecular weight excluding hydrogens is 335 g/mol. The summed E-state index contributed by atoms with van der Waals surface area (Å²) >= 11 is 11.9. The number of nitrogens with zero attached hydrogens (tertiary/aromatic N) is 1. The highest BCUT2D eigenvalue weighted by atomic mass is 35.5. The smallest absolute Gasteiger partial charge is 0.263 e. The zero-order chi connectivity index (χ0) is 15.6. The number of sulfonamides is 1. The van der Waals surface area contributed by atoms with Crippen LogP contribution in [0.4, 0.5) is 11.5 Å². The maximum Gasteiger partial charge on any atom is 0.263 e. The lowest BCUT2D eigenvalue weighted by atomic mass is 10.2. The minimum Gasteiger partial charge on any atom is -0.307 e. The molecule has 0 spiro atoms. The zero-order valence-electron chi connectivity index (χ0n) is 10.9. The molecule has 1 heterocycles. The van der Waals surface area contributed by atoms with Crippen molar-refractivity contribution in [2.75, 3.05) is 10.1 Å². The third kappa shape index (κ3) is 3.38. The summed E-state index contributed by atoms with van der Waals surface area (Å²) in [6.45, 7) is 1.75. The number of aryl methyl sites for hydroxylation is 1. The van der Waals surface area contributed by atoms with Crippen LogP contribution in [0.15, 0.2) is 35.4 Å². The number of rotatable bonds is 4. The molecule has 1 aromatic heterocycles. The summed E-state index contributed by atoms with van der Waals surface area (Å²) in [4.78, 5) is 3.74. The van der Waals surface area contributed by atoms with Crippen LogP contribution >= 0.6 is 23.2 Å². The van der Waals surface area contributed by atoms with Gasteiger partial charge in [-0.05, 0) is 24.6 Å². The topological polar surface area (TPSA) is 97.1 Å². The van der Waals surface area contributed by atoms with Crippen LogP contribution in [0, 0.1) is 6.92 Å². The number of halogens is 2. The minimum atomic E-state index is -3.86. The van der Waals surface area contributed by atoms with E-state index >= 15 is 0 Å². The molecule has 1 aromatic carbocycles. The molecule has 4 N–H and O–H groups in total. The van der Waals surface area contributed by atoms with E-state index in [9.17, 15) is 8.42 Å². The lowest BCUT2D eigenvalue weighted by Crippen LogP contribution is -2.15. The molecule has 0 atom stereocenters. The van der Waals surface area contributed by atoms with Gasteiger partial charge in [0, 0.05) is 6.20 Å². The molecule has 9 heteroatoms. The lowest BCUT2D eigenvalue weighted by Gasteiger charge is -2.12. The Balaban J connectivity index is 2.41. The van der Waals surface area contributed by atoms with Crippen molar-refractivity contribution in [1.29, 1.82) is 0 Å². The van der Waals surface area contributed by atoms with Crippen molar-refractivity contribution in [2.45, 2.75) is 11.8 Å². The first-order valence-corrected chi connectivity index (χ1v) is 7.99. The Bertz CT molecular complexity index is 761. The maximum absolute atomic E-state index is 12.3. The number of para-hydroxylation sites is 1. The van der Waals surface area contributed by atoms with E-state index in [0.717, 1.165) is 6.20 Å². The highest BCUT2D eigenvalue weighted by Crippen LogP contribution is 2.29. The van der Waals surface area contributed by atoms with Crippen molar-refractivity contribution in [3.05, 3.63) is 46.1 Å². The zero-order valence-corrected chi connectivity index (χ0v) is 13.2. The van der Waals surface area contributed by atoms with E-state index in [1.165, 1.54) is 6.07 Å². The summed E-state index contributed by atoms with van der Waals surface area (Å²) in [5.41, 5.74) is 3.28. The monoisotopic (exact) mass is 346 g/mol. The van der Waals surface area contributed by atoms with Crippen LogP contribution in [-0.4, -0.2) is 13.4 Å². The Morgan fingerprint density at radius 1 is 1.24 bits per heavy atom. The molecule has 0 saturated carbocycles. The van der Waals surface area contributed by atoms with Crippen LogP contribution in [0.3, 0.4) is 0 Å². The number of aromatic nitrogens is 1. The average molecular weight is 347 g/mol. The summed E-state index contributed by atoms with van der Waals surface area (Å²) in [6, 6.07) is 6.32. The summed E-state index contributed by atoms with van der Waals surface area (Å²) < 4.78 is 27.1. The van der Waals surface area contributed by atoms with Crippen molar-refractivity contribution in [3.63, 3.8) is 0 Å². The number of hydrogen-bond acceptors (Lipinski definition) is 5. The van der Waals surface area contributed by atoms with E-state index in [1.807, 2.05) is 0 Å². The van der Waals surface area contributed by atoms with Gasteiger partial charge in [-0.2, -0.15) is 0 Å². The molecule has 0 radical (unpaired) electrons. The van der Waals surface area contributed by atoms with Crippen molar-refractivity contribution >= 4 is 44.7 Å².